The van der Waals surface area contributed by atoms with Gasteiger partial charge in [0.1, 0.15) is 16.4 Å². The van der Waals surface area contributed by atoms with E-state index in [0.717, 1.165) is 34.6 Å². The number of thiophene rings is 1. The molecule has 0 radical (unpaired) electrons. The fraction of sp³-hybridized carbons (Fsp3) is 0.263. The van der Waals surface area contributed by atoms with Crippen LogP contribution in [0.25, 0.3) is 6.08 Å². The number of hydrogen-bond donors (Lipinski definition) is 3. The standard InChI is InChI=1S/C38H39N3O6S2/c1-4-46-31-17-10-9-14-26(31)21-30(40-35(43)25-12-7-6-8-13-25)36(44)39-27-15-11-16-28(22-27)48-23-33(42)41-37-34(38(45)47-5-2)29-19-18-24(3)20-32(29)49-37/h6-17,21-22,24H,4-5,18-20,23H2,1-3H3,(H,39,44)(H,40,43)(H,41,42)/b30-21+. The first-order valence-electron chi connectivity index (χ1n) is 16.2. The van der Waals surface area contributed by atoms with Gasteiger partial charge in [-0.15, -0.1) is 23.1 Å². The largest absolute Gasteiger partial charge is 0.493 e. The number of thioether (sulfide) groups is 1. The Morgan fingerprint density at radius 2 is 1.71 bits per heavy atom. The van der Waals surface area contributed by atoms with Crippen LogP contribution in [0.2, 0.25) is 0 Å². The van der Waals surface area contributed by atoms with E-state index in [1.54, 1.807) is 67.6 Å². The molecular weight excluding hydrogens is 659 g/mol. The van der Waals surface area contributed by atoms with Crippen molar-refractivity contribution in [1.29, 1.82) is 0 Å². The summed E-state index contributed by atoms with van der Waals surface area (Å²) in [5.74, 6) is -0.436. The first kappa shape index (κ1) is 35.4. The molecule has 3 N–H and O–H groups in total. The van der Waals surface area contributed by atoms with Gasteiger partial charge >= 0.3 is 5.97 Å². The number of nitrogens with one attached hydrogen (secondary N) is 3. The van der Waals surface area contributed by atoms with Crippen LogP contribution in [0.4, 0.5) is 10.7 Å². The van der Waals surface area contributed by atoms with Crippen molar-refractivity contribution in [3.8, 4) is 5.75 Å². The number of carbonyl (C=O) groups excluding carboxylic acids is 4. The lowest BCUT2D eigenvalue weighted by Crippen LogP contribution is -2.30. The van der Waals surface area contributed by atoms with E-state index in [-0.39, 0.29) is 24.0 Å². The van der Waals surface area contributed by atoms with E-state index in [9.17, 15) is 19.2 Å². The molecule has 0 saturated heterocycles. The number of hydrogen-bond acceptors (Lipinski definition) is 8. The van der Waals surface area contributed by atoms with Gasteiger partial charge in [-0.3, -0.25) is 14.4 Å². The number of amides is 3. The number of ether oxygens (including phenoxy) is 2. The van der Waals surface area contributed by atoms with Crippen molar-refractivity contribution >= 4 is 63.6 Å². The third kappa shape index (κ3) is 9.39. The minimum absolute atomic E-state index is 0.0314. The molecule has 254 valence electrons. The topological polar surface area (TPSA) is 123 Å². The number of benzene rings is 3. The smallest absolute Gasteiger partial charge is 0.341 e. The molecule has 3 aromatic carbocycles. The molecular formula is C38H39N3O6S2. The highest BCUT2D eigenvalue weighted by Gasteiger charge is 2.29. The molecule has 0 spiro atoms. The molecule has 0 aliphatic heterocycles. The number of rotatable bonds is 13. The van der Waals surface area contributed by atoms with Crippen molar-refractivity contribution < 1.29 is 28.7 Å². The number of anilines is 2. The number of fused-ring (bicyclic) bond motifs is 1. The normalized spacial score (nSPS) is 13.9. The summed E-state index contributed by atoms with van der Waals surface area (Å²) in [6.07, 6.45) is 4.23. The van der Waals surface area contributed by atoms with Gasteiger partial charge in [-0.1, -0.05) is 49.4 Å². The molecule has 49 heavy (non-hydrogen) atoms. The Labute approximate surface area is 294 Å². The maximum absolute atomic E-state index is 13.6. The van der Waals surface area contributed by atoms with Gasteiger partial charge < -0.3 is 25.4 Å². The van der Waals surface area contributed by atoms with E-state index in [1.807, 2.05) is 31.2 Å². The zero-order valence-corrected chi connectivity index (χ0v) is 29.3. The lowest BCUT2D eigenvalue weighted by molar-refractivity contribution is -0.114. The van der Waals surface area contributed by atoms with E-state index in [1.165, 1.54) is 23.1 Å². The first-order valence-corrected chi connectivity index (χ1v) is 18.0. The Bertz CT molecular complexity index is 1850. The molecule has 1 aliphatic rings. The van der Waals surface area contributed by atoms with Crippen molar-refractivity contribution in [2.24, 2.45) is 5.92 Å². The maximum atomic E-state index is 13.6. The van der Waals surface area contributed by atoms with Crippen LogP contribution >= 0.6 is 23.1 Å². The Hall–Kier alpha value is -4.87. The minimum atomic E-state index is -0.530. The van der Waals surface area contributed by atoms with Gasteiger partial charge in [0.2, 0.25) is 5.91 Å². The van der Waals surface area contributed by atoms with Gasteiger partial charge in [0.25, 0.3) is 11.8 Å². The van der Waals surface area contributed by atoms with E-state index >= 15 is 0 Å². The molecule has 3 amide bonds. The van der Waals surface area contributed by atoms with Crippen molar-refractivity contribution in [3.05, 3.63) is 112 Å². The highest BCUT2D eigenvalue weighted by atomic mass is 32.2. The average molecular weight is 698 g/mol. The molecule has 9 nitrogen and oxygen atoms in total. The Morgan fingerprint density at radius 3 is 2.49 bits per heavy atom. The molecule has 5 rings (SSSR count). The van der Waals surface area contributed by atoms with Gasteiger partial charge in [0.15, 0.2) is 0 Å². The predicted molar refractivity (Wildman–Crippen MR) is 195 cm³/mol. The maximum Gasteiger partial charge on any atom is 0.341 e. The molecule has 1 aliphatic carbocycles. The third-order valence-corrected chi connectivity index (χ3v) is 9.92. The Kier molecular flexibility index (Phi) is 12.3. The quantitative estimate of drug-likeness (QED) is 0.0748. The zero-order valence-electron chi connectivity index (χ0n) is 27.7. The van der Waals surface area contributed by atoms with Crippen molar-refractivity contribution in [2.45, 2.75) is 44.9 Å². The number of esters is 1. The third-order valence-electron chi connectivity index (χ3n) is 7.75. The van der Waals surface area contributed by atoms with Crippen molar-refractivity contribution in [3.63, 3.8) is 0 Å². The number of para-hydroxylation sites is 1. The zero-order chi connectivity index (χ0) is 34.8. The van der Waals surface area contributed by atoms with Crippen LogP contribution < -0.4 is 20.7 Å². The summed E-state index contributed by atoms with van der Waals surface area (Å²) in [6.45, 7) is 6.52. The summed E-state index contributed by atoms with van der Waals surface area (Å²) in [5, 5.41) is 9.12. The van der Waals surface area contributed by atoms with Crippen LogP contribution in [0.5, 0.6) is 5.75 Å². The van der Waals surface area contributed by atoms with Gasteiger partial charge in [-0.05, 0) is 87.1 Å². The molecule has 1 unspecified atom stereocenters. The SMILES string of the molecule is CCOC(=O)c1c(NC(=O)CSc2cccc(NC(=O)/C(=C\c3ccccc3OCC)NC(=O)c3ccccc3)c2)sc2c1CCC(C)C2. The summed E-state index contributed by atoms with van der Waals surface area (Å²) in [6, 6.07) is 23.0. The fourth-order valence-corrected chi connectivity index (χ4v) is 7.59. The number of carbonyl (C=O) groups is 4. The van der Waals surface area contributed by atoms with E-state index < -0.39 is 17.8 Å². The van der Waals surface area contributed by atoms with Crippen LogP contribution in [0.3, 0.4) is 0 Å². The second kappa shape index (κ2) is 17.0. The van der Waals surface area contributed by atoms with Crippen molar-refractivity contribution in [2.75, 3.05) is 29.6 Å². The van der Waals surface area contributed by atoms with Crippen LogP contribution in [0, 0.1) is 5.92 Å². The predicted octanol–water partition coefficient (Wildman–Crippen LogP) is 7.59. The Balaban J connectivity index is 1.29. The highest BCUT2D eigenvalue weighted by molar-refractivity contribution is 8.00. The van der Waals surface area contributed by atoms with E-state index in [0.29, 0.717) is 45.7 Å². The van der Waals surface area contributed by atoms with Crippen molar-refractivity contribution in [1.82, 2.24) is 5.32 Å². The van der Waals surface area contributed by atoms with Crippen LogP contribution in [-0.2, 0) is 27.2 Å². The molecule has 1 heterocycles. The first-order chi connectivity index (χ1) is 23.7. The Morgan fingerprint density at radius 1 is 0.939 bits per heavy atom. The highest BCUT2D eigenvalue weighted by Crippen LogP contribution is 2.40. The monoisotopic (exact) mass is 697 g/mol. The molecule has 11 heteroatoms. The molecule has 0 bridgehead atoms. The van der Waals surface area contributed by atoms with Crippen LogP contribution in [0.15, 0.2) is 89.5 Å². The van der Waals surface area contributed by atoms with Gasteiger partial charge in [-0.25, -0.2) is 4.79 Å². The second-order valence-corrected chi connectivity index (χ2v) is 13.6. The minimum Gasteiger partial charge on any atom is -0.493 e. The summed E-state index contributed by atoms with van der Waals surface area (Å²) >= 11 is 2.76. The molecule has 4 aromatic rings. The lowest BCUT2D eigenvalue weighted by Gasteiger charge is -2.18. The van der Waals surface area contributed by atoms with Crippen LogP contribution in [-0.4, -0.2) is 42.7 Å². The molecule has 1 atom stereocenters. The van der Waals surface area contributed by atoms with Crippen LogP contribution in [0.1, 0.15) is 63.9 Å². The second-order valence-electron chi connectivity index (χ2n) is 11.4. The van der Waals surface area contributed by atoms with Gasteiger partial charge in [0.05, 0.1) is 24.5 Å². The fourth-order valence-electron chi connectivity index (χ4n) is 5.42. The summed E-state index contributed by atoms with van der Waals surface area (Å²) in [4.78, 5) is 54.5. The lowest BCUT2D eigenvalue weighted by atomic mass is 9.88. The van der Waals surface area contributed by atoms with E-state index in [4.69, 9.17) is 9.47 Å². The summed E-state index contributed by atoms with van der Waals surface area (Å²) in [5.41, 5.74) is 3.02. The summed E-state index contributed by atoms with van der Waals surface area (Å²) in [7, 11) is 0. The van der Waals surface area contributed by atoms with Gasteiger partial charge in [-0.2, -0.15) is 0 Å². The molecule has 0 saturated carbocycles. The van der Waals surface area contributed by atoms with E-state index in [2.05, 4.69) is 22.9 Å². The summed E-state index contributed by atoms with van der Waals surface area (Å²) < 4.78 is 11.1. The molecule has 1 aromatic heterocycles. The average Bonchev–Trinajstić information content (AvgIpc) is 3.45. The van der Waals surface area contributed by atoms with Gasteiger partial charge in [0, 0.05) is 26.6 Å². The molecule has 0 fully saturated rings.